The minimum atomic E-state index is -3.52. The molecule has 7 nitrogen and oxygen atoms in total. The van der Waals surface area contributed by atoms with Crippen molar-refractivity contribution in [3.63, 3.8) is 0 Å². The van der Waals surface area contributed by atoms with E-state index in [1.165, 1.54) is 38.4 Å². The number of aromatic nitrogens is 2. The first kappa shape index (κ1) is 16.2. The van der Waals surface area contributed by atoms with Gasteiger partial charge in [-0.25, -0.2) is 22.5 Å². The number of carboxylic acid groups (broad SMARTS) is 1. The first-order chi connectivity index (χ1) is 11.3. The molecular weight excluding hydrogens is 330 g/mol. The Labute approximate surface area is 138 Å². The average Bonchev–Trinajstić information content (AvgIpc) is 2.97. The van der Waals surface area contributed by atoms with Gasteiger partial charge in [0.15, 0.2) is 0 Å². The summed E-state index contributed by atoms with van der Waals surface area (Å²) in [6, 6.07) is 11.0. The summed E-state index contributed by atoms with van der Waals surface area (Å²) in [4.78, 5) is 18.6. The van der Waals surface area contributed by atoms with Crippen molar-refractivity contribution >= 4 is 27.0 Å². The van der Waals surface area contributed by atoms with Gasteiger partial charge in [-0.05, 0) is 30.3 Å². The molecule has 8 heteroatoms. The molecule has 3 rings (SSSR count). The van der Waals surface area contributed by atoms with Gasteiger partial charge in [-0.3, -0.25) is 0 Å². The van der Waals surface area contributed by atoms with E-state index in [1.54, 1.807) is 18.2 Å². The van der Waals surface area contributed by atoms with Crippen LogP contribution < -0.4 is 0 Å². The number of aromatic carboxylic acids is 1. The Bertz CT molecular complexity index is 1020. The molecule has 0 aliphatic heterocycles. The maximum Gasteiger partial charge on any atom is 0.335 e. The van der Waals surface area contributed by atoms with Crippen molar-refractivity contribution in [1.29, 1.82) is 0 Å². The molecular formula is C16H15N3O4S. The number of sulfonamides is 1. The molecule has 2 N–H and O–H groups in total. The summed E-state index contributed by atoms with van der Waals surface area (Å²) >= 11 is 0. The first-order valence-electron chi connectivity index (χ1n) is 7.05. The predicted octanol–water partition coefficient (Wildman–Crippen LogP) is 2.18. The van der Waals surface area contributed by atoms with Crippen LogP contribution in [0.5, 0.6) is 0 Å². The smallest absolute Gasteiger partial charge is 0.335 e. The van der Waals surface area contributed by atoms with E-state index in [2.05, 4.69) is 9.97 Å². The number of aromatic amines is 1. The number of fused-ring (bicyclic) bond motifs is 1. The molecule has 0 atom stereocenters. The fourth-order valence-electron chi connectivity index (χ4n) is 2.27. The summed E-state index contributed by atoms with van der Waals surface area (Å²) < 4.78 is 25.5. The van der Waals surface area contributed by atoms with Gasteiger partial charge in [0.2, 0.25) is 10.0 Å². The van der Waals surface area contributed by atoms with Gasteiger partial charge in [-0.15, -0.1) is 0 Å². The molecule has 0 fully saturated rings. The summed E-state index contributed by atoms with van der Waals surface area (Å²) in [5.74, 6) is -0.453. The van der Waals surface area contributed by atoms with Gasteiger partial charge < -0.3 is 10.1 Å². The molecule has 1 aromatic heterocycles. The van der Waals surface area contributed by atoms with Gasteiger partial charge in [0, 0.05) is 19.7 Å². The third kappa shape index (κ3) is 2.77. The highest BCUT2D eigenvalue weighted by atomic mass is 32.2. The van der Waals surface area contributed by atoms with Crippen LogP contribution in [-0.2, 0) is 10.0 Å². The number of carbonyl (C=O) groups is 1. The number of nitrogens with one attached hydrogen (secondary N) is 1. The molecule has 0 amide bonds. The van der Waals surface area contributed by atoms with Crippen LogP contribution in [0.2, 0.25) is 0 Å². The van der Waals surface area contributed by atoms with Crippen LogP contribution in [0.1, 0.15) is 10.4 Å². The molecule has 0 radical (unpaired) electrons. The lowest BCUT2D eigenvalue weighted by molar-refractivity contribution is 0.0697. The van der Waals surface area contributed by atoms with Crippen LogP contribution in [0.4, 0.5) is 0 Å². The molecule has 0 unspecified atom stereocenters. The van der Waals surface area contributed by atoms with Gasteiger partial charge in [0.05, 0.1) is 21.5 Å². The van der Waals surface area contributed by atoms with E-state index in [9.17, 15) is 13.2 Å². The molecule has 2 aromatic carbocycles. The summed E-state index contributed by atoms with van der Waals surface area (Å²) in [6.07, 6.45) is 0. The third-order valence-electron chi connectivity index (χ3n) is 3.64. The van der Waals surface area contributed by atoms with Crippen molar-refractivity contribution in [2.45, 2.75) is 4.90 Å². The Morgan fingerprint density at radius 3 is 2.38 bits per heavy atom. The molecule has 0 bridgehead atoms. The van der Waals surface area contributed by atoms with Gasteiger partial charge in [-0.1, -0.05) is 12.1 Å². The Morgan fingerprint density at radius 2 is 1.79 bits per heavy atom. The molecule has 0 saturated heterocycles. The summed E-state index contributed by atoms with van der Waals surface area (Å²) in [5.41, 5.74) is 2.13. The SMILES string of the molecule is CN(C)S(=O)(=O)c1ccc2nc(-c3ccc(C(=O)O)cc3)[nH]c2c1. The minimum Gasteiger partial charge on any atom is -0.478 e. The van der Waals surface area contributed by atoms with Crippen LogP contribution in [0.3, 0.4) is 0 Å². The van der Waals surface area contributed by atoms with E-state index in [4.69, 9.17) is 5.11 Å². The van der Waals surface area contributed by atoms with Gasteiger partial charge >= 0.3 is 5.97 Å². The Morgan fingerprint density at radius 1 is 1.12 bits per heavy atom. The van der Waals surface area contributed by atoms with Gasteiger partial charge in [0.25, 0.3) is 0 Å². The molecule has 0 aliphatic rings. The maximum atomic E-state index is 12.2. The van der Waals surface area contributed by atoms with Crippen molar-refractivity contribution in [2.75, 3.05) is 14.1 Å². The summed E-state index contributed by atoms with van der Waals surface area (Å²) in [6.45, 7) is 0. The number of carboxylic acids is 1. The number of rotatable bonds is 4. The lowest BCUT2D eigenvalue weighted by Crippen LogP contribution is -2.22. The normalized spacial score (nSPS) is 12.0. The van der Waals surface area contributed by atoms with Crippen LogP contribution in [0, 0.1) is 0 Å². The molecule has 0 saturated carbocycles. The Balaban J connectivity index is 2.04. The number of hydrogen-bond acceptors (Lipinski definition) is 4. The van der Waals surface area contributed by atoms with Crippen LogP contribution in [0.15, 0.2) is 47.4 Å². The van der Waals surface area contributed by atoms with Crippen LogP contribution >= 0.6 is 0 Å². The monoisotopic (exact) mass is 345 g/mol. The van der Waals surface area contributed by atoms with E-state index >= 15 is 0 Å². The number of hydrogen-bond donors (Lipinski definition) is 2. The zero-order chi connectivity index (χ0) is 17.5. The predicted molar refractivity (Wildman–Crippen MR) is 89.4 cm³/mol. The summed E-state index contributed by atoms with van der Waals surface area (Å²) in [7, 11) is -0.570. The second-order valence-electron chi connectivity index (χ2n) is 5.43. The third-order valence-corrected chi connectivity index (χ3v) is 5.45. The van der Waals surface area contributed by atoms with E-state index in [1.807, 2.05) is 0 Å². The number of nitrogens with zero attached hydrogens (tertiary/aromatic N) is 2. The maximum absolute atomic E-state index is 12.2. The van der Waals surface area contributed by atoms with Crippen molar-refractivity contribution in [3.05, 3.63) is 48.0 Å². The highest BCUT2D eigenvalue weighted by Gasteiger charge is 2.18. The molecule has 0 aliphatic carbocycles. The van der Waals surface area contributed by atoms with E-state index in [0.717, 1.165) is 4.31 Å². The Hall–Kier alpha value is -2.71. The Kier molecular flexibility index (Phi) is 3.86. The zero-order valence-corrected chi connectivity index (χ0v) is 13.8. The lowest BCUT2D eigenvalue weighted by Gasteiger charge is -2.10. The molecule has 124 valence electrons. The minimum absolute atomic E-state index is 0.177. The van der Waals surface area contributed by atoms with E-state index in [0.29, 0.717) is 22.4 Å². The van der Waals surface area contributed by atoms with Crippen LogP contribution in [-0.4, -0.2) is 47.9 Å². The fourth-order valence-corrected chi connectivity index (χ4v) is 3.20. The van der Waals surface area contributed by atoms with Crippen molar-refractivity contribution in [3.8, 4) is 11.4 Å². The summed E-state index contributed by atoms with van der Waals surface area (Å²) in [5, 5.41) is 8.93. The fraction of sp³-hybridized carbons (Fsp3) is 0.125. The van der Waals surface area contributed by atoms with Crippen LogP contribution in [0.25, 0.3) is 22.4 Å². The first-order valence-corrected chi connectivity index (χ1v) is 8.49. The number of benzene rings is 2. The number of H-pyrrole nitrogens is 1. The largest absolute Gasteiger partial charge is 0.478 e. The van der Waals surface area contributed by atoms with Crippen molar-refractivity contribution < 1.29 is 18.3 Å². The molecule has 3 aromatic rings. The standard InChI is InChI=1S/C16H15N3O4S/c1-19(2)24(22,23)12-7-8-13-14(9-12)18-15(17-13)10-3-5-11(6-4-10)16(20)21/h3-9H,1-2H3,(H,17,18)(H,20,21). The van der Waals surface area contributed by atoms with E-state index in [-0.39, 0.29) is 10.5 Å². The molecule has 0 spiro atoms. The quantitative estimate of drug-likeness (QED) is 0.754. The lowest BCUT2D eigenvalue weighted by atomic mass is 10.1. The van der Waals surface area contributed by atoms with E-state index < -0.39 is 16.0 Å². The zero-order valence-electron chi connectivity index (χ0n) is 13.0. The second-order valence-corrected chi connectivity index (χ2v) is 7.59. The van der Waals surface area contributed by atoms with Crippen molar-refractivity contribution in [2.24, 2.45) is 0 Å². The average molecular weight is 345 g/mol. The van der Waals surface area contributed by atoms with Gasteiger partial charge in [-0.2, -0.15) is 0 Å². The molecule has 24 heavy (non-hydrogen) atoms. The van der Waals surface area contributed by atoms with Crippen molar-refractivity contribution in [1.82, 2.24) is 14.3 Å². The van der Waals surface area contributed by atoms with Gasteiger partial charge in [0.1, 0.15) is 5.82 Å². The highest BCUT2D eigenvalue weighted by Crippen LogP contribution is 2.24. The molecule has 1 heterocycles. The highest BCUT2D eigenvalue weighted by molar-refractivity contribution is 7.89. The topological polar surface area (TPSA) is 103 Å². The number of imidazole rings is 1. The second kappa shape index (κ2) is 5.73.